The van der Waals surface area contributed by atoms with E-state index in [1.807, 2.05) is 6.08 Å². The Hall–Kier alpha value is -1.24. The van der Waals surface area contributed by atoms with E-state index in [4.69, 9.17) is 21.1 Å². The molecule has 1 aromatic rings. The summed E-state index contributed by atoms with van der Waals surface area (Å²) in [5, 5.41) is -0.0673. The Morgan fingerprint density at radius 3 is 2.62 bits per heavy atom. The zero-order valence-electron chi connectivity index (χ0n) is 11.2. The molecule has 0 aromatic carbocycles. The van der Waals surface area contributed by atoms with E-state index in [-0.39, 0.29) is 10.9 Å². The van der Waals surface area contributed by atoms with Gasteiger partial charge >= 0.3 is 6.61 Å². The van der Waals surface area contributed by atoms with Gasteiger partial charge in [-0.1, -0.05) is 17.7 Å². The smallest absolute Gasteiger partial charge is 0.387 e. The van der Waals surface area contributed by atoms with Crippen molar-refractivity contribution in [3.05, 3.63) is 29.1 Å². The minimum Gasteiger partial charge on any atom is -0.432 e. The number of ether oxygens (including phenoxy) is 3. The molecule has 0 unspecified atom stereocenters. The van der Waals surface area contributed by atoms with E-state index < -0.39 is 12.4 Å². The molecule has 114 valence electrons. The summed E-state index contributed by atoms with van der Waals surface area (Å²) >= 11 is 5.87. The van der Waals surface area contributed by atoms with Gasteiger partial charge in [-0.2, -0.15) is 8.78 Å². The van der Waals surface area contributed by atoms with Crippen LogP contribution in [0.4, 0.5) is 8.78 Å². The number of allylic oxidation sites excluding steroid dienone is 1. The Morgan fingerprint density at radius 2 is 2.05 bits per heavy atom. The average Bonchev–Trinajstić information content (AvgIpc) is 2.90. The molecular weight excluding hydrogens is 304 g/mol. The monoisotopic (exact) mass is 317 g/mol. The van der Waals surface area contributed by atoms with Crippen LogP contribution < -0.4 is 4.74 Å². The van der Waals surface area contributed by atoms with Gasteiger partial charge < -0.3 is 14.2 Å². The number of hydrogen-bond donors (Lipinski definition) is 0. The van der Waals surface area contributed by atoms with Crippen molar-refractivity contribution in [3.8, 4) is 5.75 Å². The summed E-state index contributed by atoms with van der Waals surface area (Å²) in [6, 6.07) is 3.04. The van der Waals surface area contributed by atoms with E-state index >= 15 is 0 Å². The third kappa shape index (κ3) is 3.17. The average molecular weight is 318 g/mol. The maximum atomic E-state index is 12.2. The molecule has 1 fully saturated rings. The van der Waals surface area contributed by atoms with Gasteiger partial charge in [-0.25, -0.2) is 4.98 Å². The fourth-order valence-electron chi connectivity index (χ4n) is 2.58. The summed E-state index contributed by atoms with van der Waals surface area (Å²) in [6.45, 7) is -1.68. The Labute approximate surface area is 125 Å². The quantitative estimate of drug-likeness (QED) is 0.798. The summed E-state index contributed by atoms with van der Waals surface area (Å²) in [6.07, 6.45) is 4.13. The largest absolute Gasteiger partial charge is 0.432 e. The molecule has 3 rings (SSSR count). The number of pyridine rings is 1. The van der Waals surface area contributed by atoms with Gasteiger partial charge in [-0.15, -0.1) is 0 Å². The predicted octanol–water partition coefficient (Wildman–Crippen LogP) is 3.65. The second kappa shape index (κ2) is 5.87. The van der Waals surface area contributed by atoms with Crippen LogP contribution in [-0.4, -0.2) is 30.6 Å². The van der Waals surface area contributed by atoms with Crippen LogP contribution in [0.2, 0.25) is 5.15 Å². The van der Waals surface area contributed by atoms with Crippen LogP contribution >= 0.6 is 11.6 Å². The molecule has 1 aromatic heterocycles. The number of alkyl halides is 2. The van der Waals surface area contributed by atoms with E-state index in [1.165, 1.54) is 6.07 Å². The minimum absolute atomic E-state index is 0.0673. The van der Waals surface area contributed by atoms with Gasteiger partial charge in [0.1, 0.15) is 0 Å². The molecule has 1 saturated heterocycles. The molecule has 0 N–H and O–H groups in total. The Bertz CT molecular complexity index is 559. The van der Waals surface area contributed by atoms with Crippen LogP contribution in [0.25, 0.3) is 5.57 Å². The summed E-state index contributed by atoms with van der Waals surface area (Å²) in [5.74, 6) is -0.614. The molecule has 1 aliphatic heterocycles. The lowest BCUT2D eigenvalue weighted by Crippen LogP contribution is -2.31. The lowest BCUT2D eigenvalue weighted by molar-refractivity contribution is -0.159. The summed E-state index contributed by atoms with van der Waals surface area (Å²) < 4.78 is 39.9. The molecular formula is C14H14ClF2NO3. The number of hydrogen-bond acceptors (Lipinski definition) is 4. The molecule has 0 bridgehead atoms. The van der Waals surface area contributed by atoms with Crippen LogP contribution in [0.1, 0.15) is 25.0 Å². The summed E-state index contributed by atoms with van der Waals surface area (Å²) in [5.41, 5.74) is 1.67. The lowest BCUT2D eigenvalue weighted by atomic mass is 9.92. The van der Waals surface area contributed by atoms with Crippen molar-refractivity contribution in [2.75, 3.05) is 13.2 Å². The predicted molar refractivity (Wildman–Crippen MR) is 72.3 cm³/mol. The van der Waals surface area contributed by atoms with E-state index in [9.17, 15) is 8.78 Å². The highest BCUT2D eigenvalue weighted by Gasteiger charge is 2.37. The first kappa shape index (κ1) is 14.7. The first-order valence-corrected chi connectivity index (χ1v) is 7.04. The second-order valence-electron chi connectivity index (χ2n) is 4.91. The Balaban J connectivity index is 1.75. The van der Waals surface area contributed by atoms with E-state index in [0.29, 0.717) is 25.3 Å². The van der Waals surface area contributed by atoms with Gasteiger partial charge in [0.25, 0.3) is 0 Å². The summed E-state index contributed by atoms with van der Waals surface area (Å²) in [7, 11) is 0. The third-order valence-electron chi connectivity index (χ3n) is 3.61. The van der Waals surface area contributed by atoms with Crippen LogP contribution in [0.5, 0.6) is 5.75 Å². The van der Waals surface area contributed by atoms with Crippen LogP contribution in [-0.2, 0) is 9.47 Å². The van der Waals surface area contributed by atoms with Crippen LogP contribution in [0.3, 0.4) is 0 Å². The van der Waals surface area contributed by atoms with Crippen molar-refractivity contribution in [3.63, 3.8) is 0 Å². The number of nitrogens with zero attached hydrogens (tertiary/aromatic N) is 1. The summed E-state index contributed by atoms with van der Waals surface area (Å²) in [4.78, 5) is 4.12. The standard InChI is InChI=1S/C14H14ClF2NO3/c15-12-11(21-13(16)17)2-1-10(18-12)9-3-5-14(6-4-9)19-7-8-20-14/h1-3,13H,4-8H2. The van der Waals surface area contributed by atoms with Crippen molar-refractivity contribution >= 4 is 17.2 Å². The van der Waals surface area contributed by atoms with Gasteiger partial charge in [0.05, 0.1) is 18.9 Å². The molecule has 4 nitrogen and oxygen atoms in total. The molecule has 0 saturated carbocycles. The maximum Gasteiger partial charge on any atom is 0.387 e. The van der Waals surface area contributed by atoms with Crippen molar-refractivity contribution in [2.45, 2.75) is 31.7 Å². The molecule has 2 aliphatic rings. The van der Waals surface area contributed by atoms with Crippen molar-refractivity contribution in [2.24, 2.45) is 0 Å². The lowest BCUT2D eigenvalue weighted by Gasteiger charge is -2.30. The molecule has 0 atom stereocenters. The molecule has 0 amide bonds. The van der Waals surface area contributed by atoms with E-state index in [0.717, 1.165) is 18.4 Å². The first-order chi connectivity index (χ1) is 10.1. The highest BCUT2D eigenvalue weighted by molar-refractivity contribution is 6.30. The normalized spacial score (nSPS) is 20.9. The molecule has 2 heterocycles. The van der Waals surface area contributed by atoms with E-state index in [2.05, 4.69) is 9.72 Å². The fourth-order valence-corrected chi connectivity index (χ4v) is 2.78. The van der Waals surface area contributed by atoms with Gasteiger partial charge in [0.15, 0.2) is 16.7 Å². The van der Waals surface area contributed by atoms with Crippen molar-refractivity contribution < 1.29 is 23.0 Å². The minimum atomic E-state index is -2.92. The second-order valence-corrected chi connectivity index (χ2v) is 5.26. The maximum absolute atomic E-state index is 12.2. The van der Waals surface area contributed by atoms with Crippen LogP contribution in [0, 0.1) is 0 Å². The molecule has 7 heteroatoms. The molecule has 1 spiro atoms. The van der Waals surface area contributed by atoms with E-state index in [1.54, 1.807) is 6.07 Å². The van der Waals surface area contributed by atoms with Gasteiger partial charge in [-0.3, -0.25) is 0 Å². The van der Waals surface area contributed by atoms with Gasteiger partial charge in [0.2, 0.25) is 0 Å². The first-order valence-electron chi connectivity index (χ1n) is 6.67. The highest BCUT2D eigenvalue weighted by atomic mass is 35.5. The van der Waals surface area contributed by atoms with Crippen molar-refractivity contribution in [1.82, 2.24) is 4.98 Å². The molecule has 0 radical (unpaired) electrons. The Morgan fingerprint density at radius 1 is 1.29 bits per heavy atom. The molecule has 21 heavy (non-hydrogen) atoms. The zero-order valence-corrected chi connectivity index (χ0v) is 11.9. The zero-order chi connectivity index (χ0) is 14.9. The SMILES string of the molecule is FC(F)Oc1ccc(C2=CCC3(CC2)OCCO3)nc1Cl. The van der Waals surface area contributed by atoms with Gasteiger partial charge in [-0.05, 0) is 24.1 Å². The van der Waals surface area contributed by atoms with Crippen molar-refractivity contribution in [1.29, 1.82) is 0 Å². The third-order valence-corrected chi connectivity index (χ3v) is 3.88. The number of rotatable bonds is 3. The fraction of sp³-hybridized carbons (Fsp3) is 0.500. The number of aromatic nitrogens is 1. The molecule has 1 aliphatic carbocycles. The van der Waals surface area contributed by atoms with Gasteiger partial charge in [0, 0.05) is 12.8 Å². The van der Waals surface area contributed by atoms with Crippen LogP contribution in [0.15, 0.2) is 18.2 Å². The number of halogens is 3. The topological polar surface area (TPSA) is 40.6 Å². The highest BCUT2D eigenvalue weighted by Crippen LogP contribution is 2.38. The Kier molecular flexibility index (Phi) is 4.10.